The molecule has 0 bridgehead atoms. The first-order chi connectivity index (χ1) is 22.2. The van der Waals surface area contributed by atoms with E-state index in [0.29, 0.717) is 30.2 Å². The first kappa shape index (κ1) is 45.0. The number of alkyl halides is 2. The maximum absolute atomic E-state index is 13.3. The molecule has 1 unspecified atom stereocenters. The number of aliphatic imine (C=N–C) groups is 2. The van der Waals surface area contributed by atoms with Crippen molar-refractivity contribution < 1.29 is 32.3 Å². The summed E-state index contributed by atoms with van der Waals surface area (Å²) in [4.78, 5) is 30.5. The van der Waals surface area contributed by atoms with Gasteiger partial charge in [-0.15, -0.1) is 0 Å². The van der Waals surface area contributed by atoms with Gasteiger partial charge in [-0.05, 0) is 73.1 Å². The van der Waals surface area contributed by atoms with Gasteiger partial charge in [0.05, 0.1) is 17.3 Å². The number of unbranched alkanes of at least 4 members (excludes halogenated alkanes) is 1. The molecule has 0 saturated carbocycles. The Labute approximate surface area is 278 Å². The summed E-state index contributed by atoms with van der Waals surface area (Å²) in [7, 11) is 0. The lowest BCUT2D eigenvalue weighted by atomic mass is 9.94. The van der Waals surface area contributed by atoms with Gasteiger partial charge < -0.3 is 10.8 Å². The number of allylic oxidation sites excluding steroid dienone is 6. The van der Waals surface area contributed by atoms with Crippen LogP contribution in [0.25, 0.3) is 0 Å². The number of halogens is 4. The molecule has 1 rings (SSSR count). The number of hydrogen-bond donors (Lipinski definition) is 2. The number of benzene rings is 1. The van der Waals surface area contributed by atoms with Crippen LogP contribution in [-0.2, 0) is 16.0 Å². The van der Waals surface area contributed by atoms with Crippen molar-refractivity contribution in [1.29, 1.82) is 0 Å². The zero-order valence-electron chi connectivity index (χ0n) is 28.9. The smallest absolute Gasteiger partial charge is 0.374 e. The summed E-state index contributed by atoms with van der Waals surface area (Å²) in [6, 6.07) is 5.12. The molecule has 1 aromatic carbocycles. The predicted molar refractivity (Wildman–Crippen MR) is 187 cm³/mol. The molecule has 0 aliphatic rings. The number of carbonyl (C=O) groups is 2. The molecule has 0 spiro atoms. The maximum atomic E-state index is 13.3. The van der Waals surface area contributed by atoms with E-state index in [1.54, 1.807) is 31.2 Å². The van der Waals surface area contributed by atoms with E-state index in [9.17, 15) is 27.2 Å². The average Bonchev–Trinajstić information content (AvgIpc) is 3.01. The summed E-state index contributed by atoms with van der Waals surface area (Å²) in [6.45, 7) is 17.3. The van der Waals surface area contributed by atoms with Gasteiger partial charge in [-0.1, -0.05) is 85.8 Å². The molecule has 0 heterocycles. The molecule has 1 atom stereocenters. The summed E-state index contributed by atoms with van der Waals surface area (Å²) in [6.07, 6.45) is 13.7. The Hall–Kier alpha value is -4.08. The van der Waals surface area contributed by atoms with Gasteiger partial charge in [0.2, 0.25) is 5.91 Å². The molecular formula is C37H53F4N3O3. The Morgan fingerprint density at radius 1 is 1.09 bits per heavy atom. The fraction of sp³-hybridized carbons (Fsp3) is 0.459. The number of amides is 1. The zero-order chi connectivity index (χ0) is 36.4. The number of nitrogens with zero attached hydrogens (tertiary/aromatic N) is 2. The van der Waals surface area contributed by atoms with Gasteiger partial charge in [0.25, 0.3) is 0 Å². The third-order valence-corrected chi connectivity index (χ3v) is 6.16. The second-order valence-corrected chi connectivity index (χ2v) is 10.4. The molecule has 262 valence electrons. The fourth-order valence-corrected chi connectivity index (χ4v) is 3.80. The maximum Gasteiger partial charge on any atom is 0.374 e. The monoisotopic (exact) mass is 663 g/mol. The van der Waals surface area contributed by atoms with Crippen LogP contribution in [0.15, 0.2) is 88.4 Å². The summed E-state index contributed by atoms with van der Waals surface area (Å²) in [5, 5.41) is 8.45. The van der Waals surface area contributed by atoms with E-state index in [2.05, 4.69) is 37.3 Å². The molecule has 47 heavy (non-hydrogen) atoms. The van der Waals surface area contributed by atoms with Crippen LogP contribution in [0.4, 0.5) is 17.6 Å². The molecule has 0 aliphatic carbocycles. The highest BCUT2D eigenvalue weighted by Gasteiger charge is 2.37. The number of rotatable bonds is 18. The molecule has 0 radical (unpaired) electrons. The van der Waals surface area contributed by atoms with Crippen molar-refractivity contribution in [2.45, 2.75) is 105 Å². The summed E-state index contributed by atoms with van der Waals surface area (Å²) in [5.74, 6) is -7.28. The SMILES string of the molecule is C=C/C=C(F)\C=C/CC=NC(=C/CC)/C(=C\C(C)C(N)=O)N=CCCCC(F)(F)C(=O)O.CC.CCCc1cc(F)ccc1C(C)C. The minimum atomic E-state index is -3.79. The molecular weight excluding hydrogens is 610 g/mol. The Kier molecular flexibility index (Phi) is 25.0. The van der Waals surface area contributed by atoms with Crippen LogP contribution in [0.3, 0.4) is 0 Å². The molecule has 0 saturated heterocycles. The minimum Gasteiger partial charge on any atom is -0.477 e. The Morgan fingerprint density at radius 2 is 1.72 bits per heavy atom. The topological polar surface area (TPSA) is 105 Å². The number of nitrogens with two attached hydrogens (primary N) is 1. The number of primary amides is 1. The second-order valence-electron chi connectivity index (χ2n) is 10.4. The highest BCUT2D eigenvalue weighted by Crippen LogP contribution is 2.23. The van der Waals surface area contributed by atoms with Crippen LogP contribution in [-0.4, -0.2) is 35.3 Å². The van der Waals surface area contributed by atoms with Crippen molar-refractivity contribution in [2.75, 3.05) is 0 Å². The number of carboxylic acid groups (broad SMARTS) is 1. The van der Waals surface area contributed by atoms with Crippen molar-refractivity contribution in [2.24, 2.45) is 21.6 Å². The van der Waals surface area contributed by atoms with Gasteiger partial charge in [0, 0.05) is 25.3 Å². The van der Waals surface area contributed by atoms with Crippen molar-refractivity contribution in [3.8, 4) is 0 Å². The number of aliphatic carboxylic acids is 1. The number of aryl methyl sites for hydroxylation is 1. The molecule has 10 heteroatoms. The van der Waals surface area contributed by atoms with Crippen molar-refractivity contribution >= 4 is 24.3 Å². The molecule has 6 nitrogen and oxygen atoms in total. The lowest BCUT2D eigenvalue weighted by Gasteiger charge is -2.11. The first-order valence-electron chi connectivity index (χ1n) is 16.0. The number of carbonyl (C=O) groups excluding carboxylic acids is 1. The van der Waals surface area contributed by atoms with E-state index in [0.717, 1.165) is 18.4 Å². The van der Waals surface area contributed by atoms with E-state index in [1.165, 1.54) is 42.3 Å². The quantitative estimate of drug-likeness (QED) is 0.0707. The Balaban J connectivity index is 0. The van der Waals surface area contributed by atoms with Crippen LogP contribution >= 0.6 is 0 Å². The third kappa shape index (κ3) is 20.6. The summed E-state index contributed by atoms with van der Waals surface area (Å²) in [5.41, 5.74) is 8.51. The van der Waals surface area contributed by atoms with E-state index >= 15 is 0 Å². The largest absolute Gasteiger partial charge is 0.477 e. The van der Waals surface area contributed by atoms with Crippen molar-refractivity contribution in [1.82, 2.24) is 0 Å². The fourth-order valence-electron chi connectivity index (χ4n) is 3.80. The van der Waals surface area contributed by atoms with Crippen LogP contribution in [0.1, 0.15) is 104 Å². The van der Waals surface area contributed by atoms with E-state index in [1.807, 2.05) is 26.8 Å². The lowest BCUT2D eigenvalue weighted by Crippen LogP contribution is -2.27. The molecule has 0 aromatic heterocycles. The molecule has 1 amide bonds. The number of carboxylic acids is 1. The van der Waals surface area contributed by atoms with Crippen molar-refractivity contribution in [3.05, 3.63) is 95.4 Å². The lowest BCUT2D eigenvalue weighted by molar-refractivity contribution is -0.165. The predicted octanol–water partition coefficient (Wildman–Crippen LogP) is 10.2. The van der Waals surface area contributed by atoms with E-state index < -0.39 is 36.0 Å². The molecule has 3 N–H and O–H groups in total. The Bertz CT molecular complexity index is 1280. The van der Waals surface area contributed by atoms with Gasteiger partial charge in [0.1, 0.15) is 11.6 Å². The van der Waals surface area contributed by atoms with Crippen LogP contribution in [0, 0.1) is 11.7 Å². The van der Waals surface area contributed by atoms with Crippen LogP contribution in [0.5, 0.6) is 0 Å². The highest BCUT2D eigenvalue weighted by molar-refractivity contribution is 5.78. The molecule has 0 aliphatic heterocycles. The molecule has 1 aromatic rings. The van der Waals surface area contributed by atoms with Gasteiger partial charge in [0.15, 0.2) is 0 Å². The second kappa shape index (κ2) is 26.0. The summed E-state index contributed by atoms with van der Waals surface area (Å²) >= 11 is 0. The van der Waals surface area contributed by atoms with Gasteiger partial charge in [-0.3, -0.25) is 14.8 Å². The van der Waals surface area contributed by atoms with E-state index in [-0.39, 0.29) is 18.7 Å². The normalized spacial score (nSPS) is 13.4. The number of hydrogen-bond acceptors (Lipinski definition) is 4. The zero-order valence-corrected chi connectivity index (χ0v) is 28.9. The van der Waals surface area contributed by atoms with Crippen molar-refractivity contribution in [3.63, 3.8) is 0 Å². The minimum absolute atomic E-state index is 0.0911. The summed E-state index contributed by atoms with van der Waals surface area (Å²) < 4.78 is 52.5. The highest BCUT2D eigenvalue weighted by atomic mass is 19.3. The van der Waals surface area contributed by atoms with Gasteiger partial charge in [-0.2, -0.15) is 8.78 Å². The third-order valence-electron chi connectivity index (χ3n) is 6.16. The van der Waals surface area contributed by atoms with Gasteiger partial charge in [-0.25, -0.2) is 13.6 Å². The first-order valence-corrected chi connectivity index (χ1v) is 16.0. The van der Waals surface area contributed by atoms with E-state index in [4.69, 9.17) is 10.8 Å². The molecule has 0 fully saturated rings. The van der Waals surface area contributed by atoms with Crippen LogP contribution < -0.4 is 5.73 Å². The standard InChI is InChI=1S/C23H30F3N3O3.C12H17F.C2H6/c1-4-10-18(24)12-6-8-14-28-19(11-5-2)20(16-17(3)21(27)30)29-15-9-7-13-23(25,26)22(31)32;1-4-5-10-8-11(13)6-7-12(10)9(2)3;1-2/h4,6,10-12,14-17H,1,5,7-9,13H2,2-3H3,(H2,27,30)(H,31,32);6-9H,4-5H2,1-3H3;1-2H3/b12-6-,18-10+,19-11+,20-16+,28-14?,29-15?;;. The van der Waals surface area contributed by atoms with Crippen LogP contribution in [0.2, 0.25) is 0 Å². The Morgan fingerprint density at radius 3 is 2.26 bits per heavy atom. The van der Waals surface area contributed by atoms with Gasteiger partial charge >= 0.3 is 11.9 Å². The average molecular weight is 664 g/mol.